The highest BCUT2D eigenvalue weighted by molar-refractivity contribution is 5.39. The summed E-state index contributed by atoms with van der Waals surface area (Å²) >= 11 is 0. The highest BCUT2D eigenvalue weighted by Gasteiger charge is 2.11. The van der Waals surface area contributed by atoms with Gasteiger partial charge in [0, 0.05) is 12.6 Å². The Kier molecular flexibility index (Phi) is 4.77. The Labute approximate surface area is 127 Å². The second kappa shape index (κ2) is 6.56. The van der Waals surface area contributed by atoms with Crippen molar-refractivity contribution in [3.05, 3.63) is 69.8 Å². The zero-order valence-electron chi connectivity index (χ0n) is 13.2. The van der Waals surface area contributed by atoms with E-state index in [1.165, 1.54) is 22.3 Å². The van der Waals surface area contributed by atoms with Crippen LogP contribution in [0.1, 0.15) is 46.3 Å². The monoisotopic (exact) mass is 278 g/mol. The third-order valence-electron chi connectivity index (χ3n) is 3.84. The molecular weight excluding hydrogens is 256 g/mol. The number of nitrogens with zero attached hydrogens (tertiary/aromatic N) is 1. The van der Waals surface area contributed by atoms with E-state index in [9.17, 15) is 0 Å². The van der Waals surface area contributed by atoms with Crippen LogP contribution in [0, 0.1) is 32.1 Å². The van der Waals surface area contributed by atoms with Crippen LogP contribution in [0.3, 0.4) is 0 Å². The van der Waals surface area contributed by atoms with Crippen molar-refractivity contribution >= 4 is 0 Å². The molecule has 2 nitrogen and oxygen atoms in total. The van der Waals surface area contributed by atoms with Crippen LogP contribution in [-0.2, 0) is 6.54 Å². The molecule has 0 saturated heterocycles. The molecule has 1 atom stereocenters. The van der Waals surface area contributed by atoms with Gasteiger partial charge in [-0.05, 0) is 62.1 Å². The van der Waals surface area contributed by atoms with Crippen LogP contribution < -0.4 is 5.32 Å². The number of rotatable bonds is 4. The fourth-order valence-electron chi connectivity index (χ4n) is 3.00. The molecular formula is C19H22N2. The molecule has 2 rings (SSSR count). The lowest BCUT2D eigenvalue weighted by atomic mass is 9.95. The highest BCUT2D eigenvalue weighted by Crippen LogP contribution is 2.23. The summed E-state index contributed by atoms with van der Waals surface area (Å²) < 4.78 is 0. The summed E-state index contributed by atoms with van der Waals surface area (Å²) in [6.45, 7) is 9.44. The van der Waals surface area contributed by atoms with Crippen LogP contribution in [0.2, 0.25) is 0 Å². The summed E-state index contributed by atoms with van der Waals surface area (Å²) in [5, 5.41) is 12.5. The van der Waals surface area contributed by atoms with E-state index in [1.54, 1.807) is 0 Å². The molecule has 2 aromatic rings. The van der Waals surface area contributed by atoms with Gasteiger partial charge >= 0.3 is 0 Å². The standard InChI is InChI=1S/C19H22N2/c1-13-8-14(2)19(15(3)9-13)16(4)21-12-18-7-5-6-17(10-18)11-20/h5-10,16,21H,12H2,1-4H3. The second-order valence-electron chi connectivity index (χ2n) is 5.73. The van der Waals surface area contributed by atoms with Gasteiger partial charge in [-0.1, -0.05) is 29.8 Å². The second-order valence-corrected chi connectivity index (χ2v) is 5.73. The lowest BCUT2D eigenvalue weighted by Crippen LogP contribution is -2.20. The average Bonchev–Trinajstić information content (AvgIpc) is 2.44. The summed E-state index contributed by atoms with van der Waals surface area (Å²) in [6, 6.07) is 14.7. The molecule has 0 aliphatic carbocycles. The van der Waals surface area contributed by atoms with E-state index < -0.39 is 0 Å². The molecule has 1 unspecified atom stereocenters. The minimum Gasteiger partial charge on any atom is -0.306 e. The molecule has 0 heterocycles. The molecule has 2 aromatic carbocycles. The molecule has 0 saturated carbocycles. The molecule has 0 aliphatic rings. The van der Waals surface area contributed by atoms with Gasteiger partial charge in [-0.2, -0.15) is 5.26 Å². The lowest BCUT2D eigenvalue weighted by Gasteiger charge is -2.20. The van der Waals surface area contributed by atoms with Crippen LogP contribution >= 0.6 is 0 Å². The molecule has 0 radical (unpaired) electrons. The first-order valence-electron chi connectivity index (χ1n) is 7.31. The molecule has 108 valence electrons. The minimum absolute atomic E-state index is 0.288. The maximum Gasteiger partial charge on any atom is 0.0991 e. The summed E-state index contributed by atoms with van der Waals surface area (Å²) in [4.78, 5) is 0. The van der Waals surface area contributed by atoms with Gasteiger partial charge in [0.1, 0.15) is 0 Å². The van der Waals surface area contributed by atoms with Crippen molar-refractivity contribution in [3.8, 4) is 6.07 Å². The van der Waals surface area contributed by atoms with Gasteiger partial charge in [0.25, 0.3) is 0 Å². The Morgan fingerprint density at radius 3 is 2.38 bits per heavy atom. The molecule has 0 bridgehead atoms. The maximum atomic E-state index is 8.95. The molecule has 1 N–H and O–H groups in total. The first-order chi connectivity index (χ1) is 10.0. The number of hydrogen-bond acceptors (Lipinski definition) is 2. The third kappa shape index (κ3) is 3.71. The van der Waals surface area contributed by atoms with E-state index >= 15 is 0 Å². The number of aryl methyl sites for hydroxylation is 3. The predicted octanol–water partition coefficient (Wildman–Crippen LogP) is 4.33. The fourth-order valence-corrected chi connectivity index (χ4v) is 3.00. The summed E-state index contributed by atoms with van der Waals surface area (Å²) in [6.07, 6.45) is 0. The van der Waals surface area contributed by atoms with Crippen molar-refractivity contribution in [2.75, 3.05) is 0 Å². The van der Waals surface area contributed by atoms with Gasteiger partial charge in [0.05, 0.1) is 11.6 Å². The van der Waals surface area contributed by atoms with Crippen molar-refractivity contribution in [1.82, 2.24) is 5.32 Å². The first-order valence-corrected chi connectivity index (χ1v) is 7.31. The van der Waals surface area contributed by atoms with E-state index in [0.717, 1.165) is 12.1 Å². The van der Waals surface area contributed by atoms with Gasteiger partial charge in [0.2, 0.25) is 0 Å². The van der Waals surface area contributed by atoms with Crippen molar-refractivity contribution in [1.29, 1.82) is 5.26 Å². The molecule has 0 aliphatic heterocycles. The van der Waals surface area contributed by atoms with Gasteiger partial charge in [-0.3, -0.25) is 0 Å². The molecule has 2 heteroatoms. The number of benzene rings is 2. The van der Waals surface area contributed by atoms with Gasteiger partial charge in [0.15, 0.2) is 0 Å². The zero-order valence-corrected chi connectivity index (χ0v) is 13.2. The first kappa shape index (κ1) is 15.3. The summed E-state index contributed by atoms with van der Waals surface area (Å²) in [7, 11) is 0. The number of nitrogens with one attached hydrogen (secondary N) is 1. The van der Waals surface area contributed by atoms with Crippen molar-refractivity contribution in [3.63, 3.8) is 0 Å². The Hall–Kier alpha value is -2.11. The minimum atomic E-state index is 0.288. The largest absolute Gasteiger partial charge is 0.306 e. The van der Waals surface area contributed by atoms with Crippen molar-refractivity contribution in [2.24, 2.45) is 0 Å². The lowest BCUT2D eigenvalue weighted by molar-refractivity contribution is 0.569. The van der Waals surface area contributed by atoms with Crippen molar-refractivity contribution in [2.45, 2.75) is 40.3 Å². The Bertz CT molecular complexity index is 657. The SMILES string of the molecule is Cc1cc(C)c(C(C)NCc2cccc(C#N)c2)c(C)c1. The van der Waals surface area contributed by atoms with E-state index in [0.29, 0.717) is 5.56 Å². The van der Waals surface area contributed by atoms with Crippen LogP contribution in [0.5, 0.6) is 0 Å². The normalized spacial score (nSPS) is 12.0. The Balaban J connectivity index is 2.12. The highest BCUT2D eigenvalue weighted by atomic mass is 14.9. The topological polar surface area (TPSA) is 35.8 Å². The van der Waals surface area contributed by atoms with Crippen molar-refractivity contribution < 1.29 is 0 Å². The van der Waals surface area contributed by atoms with Crippen LogP contribution in [0.4, 0.5) is 0 Å². The third-order valence-corrected chi connectivity index (χ3v) is 3.84. The van der Waals surface area contributed by atoms with E-state index in [-0.39, 0.29) is 6.04 Å². The molecule has 0 aromatic heterocycles. The Morgan fingerprint density at radius 2 is 1.76 bits per heavy atom. The number of hydrogen-bond donors (Lipinski definition) is 1. The fraction of sp³-hybridized carbons (Fsp3) is 0.316. The number of nitriles is 1. The molecule has 0 spiro atoms. The Morgan fingerprint density at radius 1 is 1.10 bits per heavy atom. The molecule has 0 amide bonds. The van der Waals surface area contributed by atoms with Crippen LogP contribution in [-0.4, -0.2) is 0 Å². The summed E-state index contributed by atoms with van der Waals surface area (Å²) in [5.74, 6) is 0. The predicted molar refractivity (Wildman–Crippen MR) is 87.1 cm³/mol. The molecule has 0 fully saturated rings. The maximum absolute atomic E-state index is 8.95. The summed E-state index contributed by atoms with van der Waals surface area (Å²) in [5.41, 5.74) is 7.20. The van der Waals surface area contributed by atoms with E-state index in [2.05, 4.69) is 57.3 Å². The van der Waals surface area contributed by atoms with E-state index in [4.69, 9.17) is 5.26 Å². The quantitative estimate of drug-likeness (QED) is 0.903. The smallest absolute Gasteiger partial charge is 0.0991 e. The average molecular weight is 278 g/mol. The van der Waals surface area contributed by atoms with Crippen LogP contribution in [0.15, 0.2) is 36.4 Å². The van der Waals surface area contributed by atoms with Gasteiger partial charge in [-0.25, -0.2) is 0 Å². The van der Waals surface area contributed by atoms with E-state index in [1.807, 2.05) is 18.2 Å². The zero-order chi connectivity index (χ0) is 15.4. The van der Waals surface area contributed by atoms with Gasteiger partial charge in [-0.15, -0.1) is 0 Å². The van der Waals surface area contributed by atoms with Gasteiger partial charge < -0.3 is 5.32 Å². The van der Waals surface area contributed by atoms with Crippen LogP contribution in [0.25, 0.3) is 0 Å². The molecule has 21 heavy (non-hydrogen) atoms.